The maximum absolute atomic E-state index is 6.17. The largest absolute Gasteiger partial charge is 0.329 e. The van der Waals surface area contributed by atoms with Gasteiger partial charge in [0.2, 0.25) is 0 Å². The van der Waals surface area contributed by atoms with Gasteiger partial charge >= 0.3 is 0 Å². The second-order valence-electron chi connectivity index (χ2n) is 5.57. The predicted molar refractivity (Wildman–Crippen MR) is 72.9 cm³/mol. The van der Waals surface area contributed by atoms with E-state index in [2.05, 4.69) is 30.5 Å². The molecule has 2 aliphatic rings. The van der Waals surface area contributed by atoms with Crippen molar-refractivity contribution < 1.29 is 0 Å². The molecule has 3 unspecified atom stereocenters. The molecule has 1 saturated carbocycles. The summed E-state index contributed by atoms with van der Waals surface area (Å²) in [4.78, 5) is 2.71. The third-order valence-corrected chi connectivity index (χ3v) is 5.91. The fraction of sp³-hybridized carbons (Fsp3) is 1.00. The molecule has 0 aromatic rings. The summed E-state index contributed by atoms with van der Waals surface area (Å²) in [6, 6.07) is 0. The third-order valence-electron chi connectivity index (χ3n) is 4.96. The molecule has 1 heterocycles. The van der Waals surface area contributed by atoms with E-state index in [1.165, 1.54) is 43.9 Å². The first-order chi connectivity index (χ1) is 7.70. The smallest absolute Gasteiger partial charge is 0.0360 e. The van der Waals surface area contributed by atoms with Gasteiger partial charge in [-0.2, -0.15) is 11.8 Å². The van der Waals surface area contributed by atoms with Crippen molar-refractivity contribution in [1.82, 2.24) is 4.90 Å². The maximum atomic E-state index is 6.17. The number of nitrogens with zero attached hydrogens (tertiary/aromatic N) is 1. The van der Waals surface area contributed by atoms with Crippen LogP contribution < -0.4 is 5.73 Å². The standard InChI is InChI=1S/C13H26N2S/c1-11-4-3-5-13(10-14,12(11)2)15-6-8-16-9-7-15/h11-12H,3-10,14H2,1-2H3. The molecule has 3 atom stereocenters. The van der Waals surface area contributed by atoms with Crippen molar-refractivity contribution >= 4 is 11.8 Å². The fourth-order valence-corrected chi connectivity index (χ4v) is 4.51. The Kier molecular flexibility index (Phi) is 4.20. The summed E-state index contributed by atoms with van der Waals surface area (Å²) in [5, 5.41) is 0. The third kappa shape index (κ3) is 2.14. The summed E-state index contributed by atoms with van der Waals surface area (Å²) in [6.07, 6.45) is 4.08. The molecule has 1 aliphatic heterocycles. The zero-order chi connectivity index (χ0) is 11.6. The molecule has 0 amide bonds. The van der Waals surface area contributed by atoms with Crippen molar-refractivity contribution in [2.45, 2.75) is 38.6 Å². The number of rotatable bonds is 2. The molecule has 0 spiro atoms. The molecule has 0 aromatic carbocycles. The Morgan fingerprint density at radius 3 is 2.62 bits per heavy atom. The zero-order valence-electron chi connectivity index (χ0n) is 10.7. The minimum absolute atomic E-state index is 0.318. The van der Waals surface area contributed by atoms with E-state index in [-0.39, 0.29) is 0 Å². The molecule has 94 valence electrons. The van der Waals surface area contributed by atoms with Gasteiger partial charge in [-0.3, -0.25) is 4.90 Å². The lowest BCUT2D eigenvalue weighted by Crippen LogP contribution is -2.62. The normalized spacial score (nSPS) is 42.2. The van der Waals surface area contributed by atoms with Crippen molar-refractivity contribution in [2.24, 2.45) is 17.6 Å². The van der Waals surface area contributed by atoms with Gasteiger partial charge in [-0.1, -0.05) is 26.7 Å². The summed E-state index contributed by atoms with van der Waals surface area (Å²) in [5.41, 5.74) is 6.49. The van der Waals surface area contributed by atoms with Crippen LogP contribution in [0.4, 0.5) is 0 Å². The lowest BCUT2D eigenvalue weighted by Gasteiger charge is -2.53. The quantitative estimate of drug-likeness (QED) is 0.805. The van der Waals surface area contributed by atoms with E-state index in [0.29, 0.717) is 5.54 Å². The average Bonchev–Trinajstić information content (AvgIpc) is 2.34. The van der Waals surface area contributed by atoms with Crippen LogP contribution in [0.25, 0.3) is 0 Å². The van der Waals surface area contributed by atoms with Crippen LogP contribution in [0, 0.1) is 11.8 Å². The van der Waals surface area contributed by atoms with Crippen LogP contribution in [0.3, 0.4) is 0 Å². The first-order valence-corrected chi connectivity index (χ1v) is 7.89. The molecule has 1 aliphatic carbocycles. The molecule has 16 heavy (non-hydrogen) atoms. The lowest BCUT2D eigenvalue weighted by molar-refractivity contribution is -0.00448. The topological polar surface area (TPSA) is 29.3 Å². The fourth-order valence-electron chi connectivity index (χ4n) is 3.61. The van der Waals surface area contributed by atoms with E-state index in [1.54, 1.807) is 0 Å². The highest BCUT2D eigenvalue weighted by molar-refractivity contribution is 7.99. The highest BCUT2D eigenvalue weighted by Crippen LogP contribution is 2.41. The van der Waals surface area contributed by atoms with Crippen LogP contribution in [0.2, 0.25) is 0 Å². The molecule has 3 heteroatoms. The summed E-state index contributed by atoms with van der Waals surface area (Å²) in [6.45, 7) is 8.19. The van der Waals surface area contributed by atoms with E-state index in [1.807, 2.05) is 0 Å². The second-order valence-corrected chi connectivity index (χ2v) is 6.79. The van der Waals surface area contributed by atoms with Gasteiger partial charge in [0.15, 0.2) is 0 Å². The molecule has 2 N–H and O–H groups in total. The molecular weight excluding hydrogens is 216 g/mol. The monoisotopic (exact) mass is 242 g/mol. The lowest BCUT2D eigenvalue weighted by atomic mass is 9.67. The maximum Gasteiger partial charge on any atom is 0.0360 e. The number of hydrogen-bond donors (Lipinski definition) is 1. The summed E-state index contributed by atoms with van der Waals surface area (Å²) in [5.74, 6) is 4.19. The summed E-state index contributed by atoms with van der Waals surface area (Å²) < 4.78 is 0. The Morgan fingerprint density at radius 1 is 1.31 bits per heavy atom. The average molecular weight is 242 g/mol. The highest BCUT2D eigenvalue weighted by Gasteiger charge is 2.44. The minimum atomic E-state index is 0.318. The number of thioether (sulfide) groups is 1. The zero-order valence-corrected chi connectivity index (χ0v) is 11.6. The molecular formula is C13H26N2S. The van der Waals surface area contributed by atoms with Crippen LogP contribution in [-0.2, 0) is 0 Å². The van der Waals surface area contributed by atoms with Crippen LogP contribution in [0.15, 0.2) is 0 Å². The van der Waals surface area contributed by atoms with Gasteiger partial charge in [0, 0.05) is 36.7 Å². The first kappa shape index (κ1) is 12.7. The Balaban J connectivity index is 2.15. The van der Waals surface area contributed by atoms with E-state index < -0.39 is 0 Å². The SMILES string of the molecule is CC1CCCC(CN)(N2CCSCC2)C1C. The Hall–Kier alpha value is 0.270. The van der Waals surface area contributed by atoms with Crippen molar-refractivity contribution in [2.75, 3.05) is 31.1 Å². The Morgan fingerprint density at radius 2 is 2.00 bits per heavy atom. The van der Waals surface area contributed by atoms with E-state index in [4.69, 9.17) is 5.73 Å². The molecule has 0 aromatic heterocycles. The van der Waals surface area contributed by atoms with Gasteiger partial charge in [0.05, 0.1) is 0 Å². The van der Waals surface area contributed by atoms with Crippen LogP contribution in [0.5, 0.6) is 0 Å². The van der Waals surface area contributed by atoms with Crippen molar-refractivity contribution in [3.05, 3.63) is 0 Å². The van der Waals surface area contributed by atoms with Crippen molar-refractivity contribution in [3.8, 4) is 0 Å². The van der Waals surface area contributed by atoms with E-state index >= 15 is 0 Å². The van der Waals surface area contributed by atoms with Gasteiger partial charge in [-0.25, -0.2) is 0 Å². The predicted octanol–water partition coefficient (Wildman–Crippen LogP) is 2.19. The molecule has 0 bridgehead atoms. The Bertz CT molecular complexity index is 228. The van der Waals surface area contributed by atoms with E-state index in [0.717, 1.165) is 18.4 Å². The number of nitrogens with two attached hydrogens (primary N) is 1. The molecule has 2 fully saturated rings. The molecule has 2 rings (SSSR count). The molecule has 2 nitrogen and oxygen atoms in total. The molecule has 0 radical (unpaired) electrons. The number of hydrogen-bond acceptors (Lipinski definition) is 3. The van der Waals surface area contributed by atoms with Gasteiger partial charge in [0.25, 0.3) is 0 Å². The first-order valence-electron chi connectivity index (χ1n) is 6.73. The van der Waals surface area contributed by atoms with Crippen molar-refractivity contribution in [1.29, 1.82) is 0 Å². The van der Waals surface area contributed by atoms with Gasteiger partial charge in [0.1, 0.15) is 0 Å². The van der Waals surface area contributed by atoms with Crippen LogP contribution in [-0.4, -0.2) is 41.6 Å². The van der Waals surface area contributed by atoms with Gasteiger partial charge < -0.3 is 5.73 Å². The summed E-state index contributed by atoms with van der Waals surface area (Å²) >= 11 is 2.09. The molecule has 1 saturated heterocycles. The van der Waals surface area contributed by atoms with Crippen LogP contribution in [0.1, 0.15) is 33.1 Å². The Labute approximate surface area is 104 Å². The van der Waals surface area contributed by atoms with Gasteiger partial charge in [-0.15, -0.1) is 0 Å². The van der Waals surface area contributed by atoms with E-state index in [9.17, 15) is 0 Å². The van der Waals surface area contributed by atoms with Crippen LogP contribution >= 0.6 is 11.8 Å². The highest BCUT2D eigenvalue weighted by atomic mass is 32.2. The van der Waals surface area contributed by atoms with Gasteiger partial charge in [-0.05, 0) is 18.3 Å². The second kappa shape index (κ2) is 5.28. The van der Waals surface area contributed by atoms with Crippen molar-refractivity contribution in [3.63, 3.8) is 0 Å². The minimum Gasteiger partial charge on any atom is -0.329 e. The summed E-state index contributed by atoms with van der Waals surface area (Å²) in [7, 11) is 0.